The van der Waals surface area contributed by atoms with Crippen LogP contribution in [0.4, 0.5) is 0 Å². The lowest BCUT2D eigenvalue weighted by atomic mass is 10.2. The van der Waals surface area contributed by atoms with Crippen molar-refractivity contribution in [1.29, 1.82) is 0 Å². The number of aromatic nitrogens is 1. The molecule has 1 heterocycles. The molecule has 1 aromatic rings. The van der Waals surface area contributed by atoms with Crippen LogP contribution in [0.5, 0.6) is 0 Å². The maximum atomic E-state index is 11.5. The van der Waals surface area contributed by atoms with Gasteiger partial charge in [0.1, 0.15) is 0 Å². The second kappa shape index (κ2) is 4.93. The molecule has 5 heteroatoms. The fourth-order valence-electron chi connectivity index (χ4n) is 0.907. The van der Waals surface area contributed by atoms with E-state index in [0.29, 0.717) is 10.6 Å². The summed E-state index contributed by atoms with van der Waals surface area (Å²) in [5.41, 5.74) is 0.363. The average Bonchev–Trinajstić information content (AvgIpc) is 2.18. The van der Waals surface area contributed by atoms with E-state index in [1.165, 1.54) is 18.5 Å². The maximum Gasteiger partial charge on any atom is 0.253 e. The van der Waals surface area contributed by atoms with Gasteiger partial charge in [-0.1, -0.05) is 11.6 Å². The van der Waals surface area contributed by atoms with E-state index >= 15 is 0 Å². The summed E-state index contributed by atoms with van der Waals surface area (Å²) in [7, 11) is 0. The maximum absolute atomic E-state index is 11.5. The number of carbonyl (C=O) groups excluding carboxylic acids is 1. The molecule has 1 rings (SSSR count). The van der Waals surface area contributed by atoms with Gasteiger partial charge in [-0.05, 0) is 13.0 Å². The number of halogens is 1. The molecule has 2 N–H and O–H groups in total. The minimum absolute atomic E-state index is 0.103. The van der Waals surface area contributed by atoms with Crippen molar-refractivity contribution in [2.45, 2.75) is 13.0 Å². The molecule has 1 aromatic heterocycles. The molecule has 0 spiro atoms. The molecule has 0 bridgehead atoms. The van der Waals surface area contributed by atoms with Crippen LogP contribution in [0.15, 0.2) is 18.5 Å². The van der Waals surface area contributed by atoms with Crippen LogP contribution >= 0.6 is 11.6 Å². The number of hydrogen-bond donors (Lipinski definition) is 2. The van der Waals surface area contributed by atoms with Gasteiger partial charge >= 0.3 is 0 Å². The summed E-state index contributed by atoms with van der Waals surface area (Å²) < 4.78 is 0. The number of hydrogen-bond acceptors (Lipinski definition) is 3. The summed E-state index contributed by atoms with van der Waals surface area (Å²) in [6, 6.07) is 1.24. The molecule has 0 radical (unpaired) electrons. The van der Waals surface area contributed by atoms with E-state index in [2.05, 4.69) is 10.3 Å². The van der Waals surface area contributed by atoms with Crippen molar-refractivity contribution in [3.63, 3.8) is 0 Å². The predicted octanol–water partition coefficient (Wildman–Crippen LogP) is 0.846. The van der Waals surface area contributed by atoms with Crippen molar-refractivity contribution in [3.05, 3.63) is 29.0 Å². The summed E-state index contributed by atoms with van der Waals surface area (Å²) in [6.45, 7) is 1.60. The fraction of sp³-hybridized carbons (Fsp3) is 0.333. The molecule has 76 valence electrons. The topological polar surface area (TPSA) is 62.2 Å². The third kappa shape index (κ3) is 2.68. The number of rotatable bonds is 3. The Morgan fingerprint density at radius 1 is 1.79 bits per heavy atom. The highest BCUT2D eigenvalue weighted by atomic mass is 35.5. The normalized spacial score (nSPS) is 12.2. The molecular weight excluding hydrogens is 204 g/mol. The van der Waals surface area contributed by atoms with Gasteiger partial charge in [-0.2, -0.15) is 0 Å². The Balaban J connectivity index is 2.75. The Morgan fingerprint density at radius 2 is 2.50 bits per heavy atom. The molecule has 0 aliphatic carbocycles. The van der Waals surface area contributed by atoms with Gasteiger partial charge in [-0.15, -0.1) is 0 Å². The van der Waals surface area contributed by atoms with Crippen LogP contribution in [0.3, 0.4) is 0 Å². The van der Waals surface area contributed by atoms with Crippen molar-refractivity contribution in [2.75, 3.05) is 6.61 Å². The molecule has 14 heavy (non-hydrogen) atoms. The lowest BCUT2D eigenvalue weighted by molar-refractivity contribution is 0.0922. The highest BCUT2D eigenvalue weighted by molar-refractivity contribution is 6.33. The number of pyridine rings is 1. The number of carbonyl (C=O) groups is 1. The molecule has 0 saturated heterocycles. The molecule has 0 aliphatic rings. The average molecular weight is 215 g/mol. The molecule has 0 unspecified atom stereocenters. The Bertz CT molecular complexity index is 330. The standard InChI is InChI=1S/C9H11ClN2O2/c1-6(5-13)12-9(14)7-2-3-11-4-8(7)10/h2-4,6,13H,5H2,1H3,(H,12,14)/t6-/m0/s1. The summed E-state index contributed by atoms with van der Waals surface area (Å²) in [5.74, 6) is -0.307. The van der Waals surface area contributed by atoms with Gasteiger partial charge < -0.3 is 10.4 Å². The number of aliphatic hydroxyl groups excluding tert-OH is 1. The summed E-state index contributed by atoms with van der Waals surface area (Å²) >= 11 is 5.76. The summed E-state index contributed by atoms with van der Waals surface area (Å²) in [4.78, 5) is 15.3. The van der Waals surface area contributed by atoms with E-state index in [0.717, 1.165) is 0 Å². The van der Waals surface area contributed by atoms with Crippen LogP contribution in [-0.2, 0) is 0 Å². The molecule has 0 aliphatic heterocycles. The van der Waals surface area contributed by atoms with E-state index in [-0.39, 0.29) is 18.6 Å². The molecule has 1 amide bonds. The summed E-state index contributed by atoms with van der Waals surface area (Å²) in [6.07, 6.45) is 2.89. The van der Waals surface area contributed by atoms with Gasteiger partial charge in [0.15, 0.2) is 0 Å². The zero-order valence-electron chi connectivity index (χ0n) is 7.70. The minimum atomic E-state index is -0.307. The van der Waals surface area contributed by atoms with Crippen LogP contribution < -0.4 is 5.32 Å². The Hall–Kier alpha value is -1.13. The predicted molar refractivity (Wildman–Crippen MR) is 53.3 cm³/mol. The smallest absolute Gasteiger partial charge is 0.253 e. The van der Waals surface area contributed by atoms with Gasteiger partial charge in [0.2, 0.25) is 0 Å². The minimum Gasteiger partial charge on any atom is -0.394 e. The first-order valence-corrected chi connectivity index (χ1v) is 4.54. The van der Waals surface area contributed by atoms with Crippen molar-refractivity contribution >= 4 is 17.5 Å². The molecule has 1 atom stereocenters. The monoisotopic (exact) mass is 214 g/mol. The second-order valence-corrected chi connectivity index (χ2v) is 3.32. The van der Waals surface area contributed by atoms with Crippen molar-refractivity contribution in [3.8, 4) is 0 Å². The first-order valence-electron chi connectivity index (χ1n) is 4.16. The second-order valence-electron chi connectivity index (χ2n) is 2.91. The number of nitrogens with one attached hydrogen (secondary N) is 1. The van der Waals surface area contributed by atoms with Gasteiger partial charge in [-0.3, -0.25) is 9.78 Å². The van der Waals surface area contributed by atoms with Gasteiger partial charge in [0, 0.05) is 18.4 Å². The van der Waals surface area contributed by atoms with Crippen LogP contribution in [-0.4, -0.2) is 28.6 Å². The Morgan fingerprint density at radius 3 is 3.07 bits per heavy atom. The van der Waals surface area contributed by atoms with Crippen LogP contribution in [0.2, 0.25) is 5.02 Å². The molecular formula is C9H11ClN2O2. The van der Waals surface area contributed by atoms with E-state index in [1.54, 1.807) is 6.92 Å². The molecule has 0 fully saturated rings. The third-order valence-corrected chi connectivity index (χ3v) is 1.97. The summed E-state index contributed by atoms with van der Waals surface area (Å²) in [5, 5.41) is 11.6. The highest BCUT2D eigenvalue weighted by Crippen LogP contribution is 2.12. The van der Waals surface area contributed by atoms with Crippen molar-refractivity contribution < 1.29 is 9.90 Å². The van der Waals surface area contributed by atoms with Crippen molar-refractivity contribution in [2.24, 2.45) is 0 Å². The quantitative estimate of drug-likeness (QED) is 0.784. The zero-order chi connectivity index (χ0) is 10.6. The van der Waals surface area contributed by atoms with Gasteiger partial charge in [0.25, 0.3) is 5.91 Å². The first-order chi connectivity index (χ1) is 6.65. The zero-order valence-corrected chi connectivity index (χ0v) is 8.45. The first kappa shape index (κ1) is 10.9. The van der Waals surface area contributed by atoms with Gasteiger partial charge in [0.05, 0.1) is 17.2 Å². The third-order valence-electron chi connectivity index (χ3n) is 1.67. The van der Waals surface area contributed by atoms with E-state index in [9.17, 15) is 4.79 Å². The van der Waals surface area contributed by atoms with Crippen LogP contribution in [0.25, 0.3) is 0 Å². The largest absolute Gasteiger partial charge is 0.394 e. The van der Waals surface area contributed by atoms with Crippen LogP contribution in [0, 0.1) is 0 Å². The lowest BCUT2D eigenvalue weighted by Gasteiger charge is -2.10. The number of nitrogens with zero attached hydrogens (tertiary/aromatic N) is 1. The number of aliphatic hydroxyl groups is 1. The van der Waals surface area contributed by atoms with E-state index < -0.39 is 0 Å². The molecule has 0 saturated carbocycles. The van der Waals surface area contributed by atoms with E-state index in [4.69, 9.17) is 16.7 Å². The van der Waals surface area contributed by atoms with Crippen LogP contribution in [0.1, 0.15) is 17.3 Å². The SMILES string of the molecule is C[C@@H](CO)NC(=O)c1ccncc1Cl. The number of amides is 1. The lowest BCUT2D eigenvalue weighted by Crippen LogP contribution is -2.35. The fourth-order valence-corrected chi connectivity index (χ4v) is 1.11. The van der Waals surface area contributed by atoms with E-state index in [1.807, 2.05) is 0 Å². The highest BCUT2D eigenvalue weighted by Gasteiger charge is 2.11. The molecule has 0 aromatic carbocycles. The Kier molecular flexibility index (Phi) is 3.85. The van der Waals surface area contributed by atoms with Crippen molar-refractivity contribution in [1.82, 2.24) is 10.3 Å². The molecule has 4 nitrogen and oxygen atoms in total. The Labute approximate surface area is 86.9 Å². The van der Waals surface area contributed by atoms with Gasteiger partial charge in [-0.25, -0.2) is 0 Å².